The zero-order valence-electron chi connectivity index (χ0n) is 16.1. The summed E-state index contributed by atoms with van der Waals surface area (Å²) in [6, 6.07) is 13.0. The fraction of sp³-hybridized carbons (Fsp3) is 0.250. The third kappa shape index (κ3) is 4.48. The summed E-state index contributed by atoms with van der Waals surface area (Å²) in [5.74, 6) is 1.38. The molecule has 0 fully saturated rings. The van der Waals surface area contributed by atoms with Crippen LogP contribution in [0.4, 0.5) is 5.69 Å². The van der Waals surface area contributed by atoms with Crippen molar-refractivity contribution in [2.45, 2.75) is 24.3 Å². The van der Waals surface area contributed by atoms with Crippen LogP contribution in [0, 0.1) is 6.92 Å². The van der Waals surface area contributed by atoms with Gasteiger partial charge in [-0.15, -0.1) is 10.2 Å². The number of hydrogen-bond acceptors (Lipinski definition) is 5. The monoisotopic (exact) mass is 416 g/mol. The number of hydrogen-bond donors (Lipinski definition) is 1. The number of carbonyl (C=O) groups excluding carboxylic acids is 1. The fourth-order valence-corrected chi connectivity index (χ4v) is 3.57. The lowest BCUT2D eigenvalue weighted by atomic mass is 10.2. The minimum atomic E-state index is -0.356. The lowest BCUT2D eigenvalue weighted by Crippen LogP contribution is -2.23. The maximum absolute atomic E-state index is 12.6. The number of methoxy groups -OCH3 is 1. The Morgan fingerprint density at radius 1 is 1.21 bits per heavy atom. The van der Waals surface area contributed by atoms with E-state index in [9.17, 15) is 4.79 Å². The van der Waals surface area contributed by atoms with Gasteiger partial charge in [-0.05, 0) is 55.8 Å². The highest BCUT2D eigenvalue weighted by Crippen LogP contribution is 2.28. The van der Waals surface area contributed by atoms with Crippen molar-refractivity contribution in [3.8, 4) is 17.1 Å². The Hall–Kier alpha value is -2.51. The molecular weight excluding hydrogens is 396 g/mol. The van der Waals surface area contributed by atoms with Crippen molar-refractivity contribution in [3.05, 3.63) is 53.1 Å². The average Bonchev–Trinajstić information content (AvgIpc) is 3.05. The highest BCUT2D eigenvalue weighted by atomic mass is 35.5. The Morgan fingerprint density at radius 3 is 2.61 bits per heavy atom. The first kappa shape index (κ1) is 20.2. The number of carbonyl (C=O) groups is 1. The van der Waals surface area contributed by atoms with Crippen molar-refractivity contribution in [1.29, 1.82) is 0 Å². The first-order chi connectivity index (χ1) is 13.4. The molecule has 8 heteroatoms. The molecule has 1 aromatic heterocycles. The maximum atomic E-state index is 12.6. The predicted octanol–water partition coefficient (Wildman–Crippen LogP) is 4.57. The molecule has 2 aromatic carbocycles. The standard InChI is InChI=1S/C20H21ClN4O2S/c1-12-5-8-15(21)11-17(12)22-19(26)13(2)28-20-24-23-18(25(20)3)14-6-9-16(27-4)10-7-14/h5-11,13H,1-4H3,(H,22,26)/t13-/m0/s1. The smallest absolute Gasteiger partial charge is 0.237 e. The molecule has 0 aliphatic carbocycles. The van der Waals surface area contributed by atoms with Crippen molar-refractivity contribution >= 4 is 35.0 Å². The maximum Gasteiger partial charge on any atom is 0.237 e. The number of anilines is 1. The Balaban J connectivity index is 1.71. The number of rotatable bonds is 6. The number of aryl methyl sites for hydroxylation is 1. The SMILES string of the molecule is COc1ccc(-c2nnc(S[C@@H](C)C(=O)Nc3cc(Cl)ccc3C)n2C)cc1. The van der Waals surface area contributed by atoms with E-state index in [1.54, 1.807) is 19.2 Å². The van der Waals surface area contributed by atoms with Crippen LogP contribution in [-0.2, 0) is 11.8 Å². The van der Waals surface area contributed by atoms with Gasteiger partial charge in [0.15, 0.2) is 11.0 Å². The Bertz CT molecular complexity index is 988. The molecule has 0 bridgehead atoms. The number of ether oxygens (including phenoxy) is 1. The van der Waals surface area contributed by atoms with Gasteiger partial charge in [0, 0.05) is 23.3 Å². The van der Waals surface area contributed by atoms with Gasteiger partial charge in [0.05, 0.1) is 12.4 Å². The number of amides is 1. The second kappa shape index (κ2) is 8.67. The van der Waals surface area contributed by atoms with Gasteiger partial charge in [0.2, 0.25) is 5.91 Å². The van der Waals surface area contributed by atoms with E-state index in [1.807, 2.05) is 55.8 Å². The molecule has 1 heterocycles. The van der Waals surface area contributed by atoms with Crippen molar-refractivity contribution in [2.75, 3.05) is 12.4 Å². The Morgan fingerprint density at radius 2 is 1.93 bits per heavy atom. The van der Waals surface area contributed by atoms with E-state index in [0.29, 0.717) is 15.9 Å². The summed E-state index contributed by atoms with van der Waals surface area (Å²) < 4.78 is 7.06. The average molecular weight is 417 g/mol. The molecule has 3 rings (SSSR count). The quantitative estimate of drug-likeness (QED) is 0.596. The number of benzene rings is 2. The highest BCUT2D eigenvalue weighted by Gasteiger charge is 2.20. The molecule has 1 atom stereocenters. The predicted molar refractivity (Wildman–Crippen MR) is 113 cm³/mol. The van der Waals surface area contributed by atoms with Gasteiger partial charge in [-0.2, -0.15) is 0 Å². The number of nitrogens with one attached hydrogen (secondary N) is 1. The molecule has 0 aliphatic heterocycles. The zero-order chi connectivity index (χ0) is 20.3. The molecule has 0 unspecified atom stereocenters. The van der Waals surface area contributed by atoms with Gasteiger partial charge in [0.25, 0.3) is 0 Å². The minimum absolute atomic E-state index is 0.121. The van der Waals surface area contributed by atoms with Crippen LogP contribution in [0.15, 0.2) is 47.6 Å². The summed E-state index contributed by atoms with van der Waals surface area (Å²) >= 11 is 7.37. The molecule has 146 valence electrons. The van der Waals surface area contributed by atoms with Crippen LogP contribution in [0.5, 0.6) is 5.75 Å². The first-order valence-corrected chi connectivity index (χ1v) is 9.92. The van der Waals surface area contributed by atoms with Crippen LogP contribution >= 0.6 is 23.4 Å². The lowest BCUT2D eigenvalue weighted by Gasteiger charge is -2.13. The van der Waals surface area contributed by atoms with E-state index < -0.39 is 0 Å². The van der Waals surface area contributed by atoms with E-state index in [1.165, 1.54) is 11.8 Å². The van der Waals surface area contributed by atoms with E-state index in [0.717, 1.165) is 22.7 Å². The van der Waals surface area contributed by atoms with Crippen LogP contribution in [0.25, 0.3) is 11.4 Å². The van der Waals surface area contributed by atoms with Crippen molar-refractivity contribution in [1.82, 2.24) is 14.8 Å². The second-order valence-electron chi connectivity index (χ2n) is 6.30. The van der Waals surface area contributed by atoms with Crippen LogP contribution in [0.1, 0.15) is 12.5 Å². The summed E-state index contributed by atoms with van der Waals surface area (Å²) in [6.45, 7) is 3.76. The molecule has 0 spiro atoms. The first-order valence-electron chi connectivity index (χ1n) is 8.66. The van der Waals surface area contributed by atoms with Crippen molar-refractivity contribution < 1.29 is 9.53 Å². The lowest BCUT2D eigenvalue weighted by molar-refractivity contribution is -0.115. The fourth-order valence-electron chi connectivity index (χ4n) is 2.58. The molecule has 0 saturated heterocycles. The van der Waals surface area contributed by atoms with Gasteiger partial charge < -0.3 is 14.6 Å². The van der Waals surface area contributed by atoms with Gasteiger partial charge >= 0.3 is 0 Å². The minimum Gasteiger partial charge on any atom is -0.497 e. The normalized spacial score (nSPS) is 11.9. The Labute approximate surface area is 173 Å². The highest BCUT2D eigenvalue weighted by molar-refractivity contribution is 8.00. The van der Waals surface area contributed by atoms with E-state index in [-0.39, 0.29) is 11.2 Å². The molecule has 0 saturated carbocycles. The van der Waals surface area contributed by atoms with E-state index in [2.05, 4.69) is 15.5 Å². The van der Waals surface area contributed by atoms with Gasteiger partial charge in [0.1, 0.15) is 5.75 Å². The molecule has 6 nitrogen and oxygen atoms in total. The summed E-state index contributed by atoms with van der Waals surface area (Å²) in [7, 11) is 3.51. The van der Waals surface area contributed by atoms with Gasteiger partial charge in [-0.1, -0.05) is 29.4 Å². The van der Waals surface area contributed by atoms with Crippen LogP contribution in [-0.4, -0.2) is 33.0 Å². The molecular formula is C20H21ClN4O2S. The molecule has 1 amide bonds. The van der Waals surface area contributed by atoms with Crippen LogP contribution in [0.2, 0.25) is 5.02 Å². The zero-order valence-corrected chi connectivity index (χ0v) is 17.6. The Kier molecular flexibility index (Phi) is 6.26. The van der Waals surface area contributed by atoms with Crippen LogP contribution in [0.3, 0.4) is 0 Å². The molecule has 3 aromatic rings. The second-order valence-corrected chi connectivity index (χ2v) is 8.05. The number of nitrogens with zero attached hydrogens (tertiary/aromatic N) is 3. The third-order valence-electron chi connectivity index (χ3n) is 4.29. The summed E-state index contributed by atoms with van der Waals surface area (Å²) in [4.78, 5) is 12.6. The topological polar surface area (TPSA) is 69.0 Å². The number of thioether (sulfide) groups is 1. The number of halogens is 1. The van der Waals surface area contributed by atoms with Crippen LogP contribution < -0.4 is 10.1 Å². The summed E-state index contributed by atoms with van der Waals surface area (Å²) in [5.41, 5.74) is 2.59. The largest absolute Gasteiger partial charge is 0.497 e. The molecule has 0 radical (unpaired) electrons. The summed E-state index contributed by atoms with van der Waals surface area (Å²) in [6.07, 6.45) is 0. The van der Waals surface area contributed by atoms with Gasteiger partial charge in [-0.3, -0.25) is 4.79 Å². The third-order valence-corrected chi connectivity index (χ3v) is 5.66. The van der Waals surface area contributed by atoms with Crippen molar-refractivity contribution in [3.63, 3.8) is 0 Å². The number of aromatic nitrogens is 3. The molecule has 1 N–H and O–H groups in total. The summed E-state index contributed by atoms with van der Waals surface area (Å²) in [5, 5.41) is 12.3. The molecule has 0 aliphatic rings. The van der Waals surface area contributed by atoms with Crippen molar-refractivity contribution in [2.24, 2.45) is 7.05 Å². The van der Waals surface area contributed by atoms with Gasteiger partial charge in [-0.25, -0.2) is 0 Å². The van der Waals surface area contributed by atoms with E-state index in [4.69, 9.17) is 16.3 Å². The van der Waals surface area contributed by atoms with E-state index >= 15 is 0 Å². The molecule has 28 heavy (non-hydrogen) atoms.